The molecule has 1 N–H and O–H groups in total. The van der Waals surface area contributed by atoms with E-state index in [2.05, 4.69) is 41.8 Å². The lowest BCUT2D eigenvalue weighted by Gasteiger charge is -2.12. The summed E-state index contributed by atoms with van der Waals surface area (Å²) in [7, 11) is 0. The molecule has 1 aromatic rings. The maximum atomic E-state index is 11.8. The second-order valence-corrected chi connectivity index (χ2v) is 6.82. The van der Waals surface area contributed by atoms with Gasteiger partial charge in [-0.2, -0.15) is 0 Å². The summed E-state index contributed by atoms with van der Waals surface area (Å²) in [5.41, 5.74) is 0.789. The van der Waals surface area contributed by atoms with Crippen molar-refractivity contribution in [2.24, 2.45) is 0 Å². The van der Waals surface area contributed by atoms with Gasteiger partial charge in [0.1, 0.15) is 0 Å². The molecule has 0 aliphatic carbocycles. The fourth-order valence-corrected chi connectivity index (χ4v) is 2.84. The minimum atomic E-state index is 0.0585. The SMILES string of the molecule is CCCCCC(C)NC(=O)c1csc(I)c1. The average Bonchev–Trinajstić information content (AvgIpc) is 2.65. The van der Waals surface area contributed by atoms with Crippen molar-refractivity contribution < 1.29 is 4.79 Å². The molecule has 0 bridgehead atoms. The first-order valence-corrected chi connectivity index (χ1v) is 7.64. The maximum absolute atomic E-state index is 11.8. The minimum absolute atomic E-state index is 0.0585. The number of amides is 1. The Morgan fingerprint density at radius 2 is 2.31 bits per heavy atom. The molecule has 0 saturated heterocycles. The average molecular weight is 351 g/mol. The number of halogens is 1. The molecule has 1 heterocycles. The lowest BCUT2D eigenvalue weighted by molar-refractivity contribution is 0.0938. The molecule has 16 heavy (non-hydrogen) atoms. The largest absolute Gasteiger partial charge is 0.350 e. The Morgan fingerprint density at radius 3 is 2.88 bits per heavy atom. The summed E-state index contributed by atoms with van der Waals surface area (Å²) in [5, 5.41) is 4.95. The van der Waals surface area contributed by atoms with Gasteiger partial charge >= 0.3 is 0 Å². The zero-order valence-electron chi connectivity index (χ0n) is 9.75. The van der Waals surface area contributed by atoms with Gasteiger partial charge in [0.15, 0.2) is 0 Å². The van der Waals surface area contributed by atoms with Gasteiger partial charge in [0.2, 0.25) is 0 Å². The van der Waals surface area contributed by atoms with E-state index in [1.807, 2.05) is 11.4 Å². The van der Waals surface area contributed by atoms with Crippen LogP contribution in [0, 0.1) is 2.88 Å². The summed E-state index contributed by atoms with van der Waals surface area (Å²) >= 11 is 3.84. The summed E-state index contributed by atoms with van der Waals surface area (Å²) in [4.78, 5) is 11.8. The van der Waals surface area contributed by atoms with Gasteiger partial charge in [0.05, 0.1) is 8.45 Å². The first kappa shape index (κ1) is 14.0. The van der Waals surface area contributed by atoms with Gasteiger partial charge in [-0.05, 0) is 42.0 Å². The van der Waals surface area contributed by atoms with Crippen LogP contribution < -0.4 is 5.32 Å². The maximum Gasteiger partial charge on any atom is 0.252 e. The highest BCUT2D eigenvalue weighted by Gasteiger charge is 2.10. The normalized spacial score (nSPS) is 12.4. The van der Waals surface area contributed by atoms with Gasteiger partial charge < -0.3 is 5.32 Å². The predicted octanol–water partition coefficient (Wildman–Crippen LogP) is 4.05. The van der Waals surface area contributed by atoms with E-state index < -0.39 is 0 Å². The number of carbonyl (C=O) groups is 1. The van der Waals surface area contributed by atoms with Crippen LogP contribution in [0.5, 0.6) is 0 Å². The molecule has 1 atom stereocenters. The minimum Gasteiger partial charge on any atom is -0.350 e. The number of nitrogens with one attached hydrogen (secondary N) is 1. The summed E-state index contributed by atoms with van der Waals surface area (Å²) in [6, 6.07) is 2.20. The van der Waals surface area contributed by atoms with E-state index in [9.17, 15) is 4.79 Å². The molecule has 0 aliphatic rings. The highest BCUT2D eigenvalue weighted by atomic mass is 127. The molecule has 0 fully saturated rings. The highest BCUT2D eigenvalue weighted by Crippen LogP contribution is 2.16. The van der Waals surface area contributed by atoms with E-state index in [1.165, 1.54) is 19.3 Å². The molecule has 1 amide bonds. The van der Waals surface area contributed by atoms with Crippen molar-refractivity contribution in [1.82, 2.24) is 5.32 Å². The molecule has 0 spiro atoms. The monoisotopic (exact) mass is 351 g/mol. The molecule has 0 saturated carbocycles. The molecule has 0 radical (unpaired) electrons. The first-order valence-electron chi connectivity index (χ1n) is 5.68. The molecular formula is C12H18INOS. The third kappa shape index (κ3) is 4.82. The highest BCUT2D eigenvalue weighted by molar-refractivity contribution is 14.1. The van der Waals surface area contributed by atoms with Crippen molar-refractivity contribution in [3.8, 4) is 0 Å². The van der Waals surface area contributed by atoms with Gasteiger partial charge in [-0.3, -0.25) is 4.79 Å². The Bertz CT molecular complexity index is 338. The third-order valence-electron chi connectivity index (χ3n) is 2.45. The smallest absolute Gasteiger partial charge is 0.252 e. The zero-order valence-corrected chi connectivity index (χ0v) is 12.7. The molecule has 4 heteroatoms. The van der Waals surface area contributed by atoms with Crippen LogP contribution in [0.2, 0.25) is 0 Å². The number of hydrogen-bond donors (Lipinski definition) is 1. The molecule has 0 aromatic carbocycles. The topological polar surface area (TPSA) is 29.1 Å². The Labute approximate surface area is 115 Å². The molecular weight excluding hydrogens is 333 g/mol. The molecule has 2 nitrogen and oxygen atoms in total. The van der Waals surface area contributed by atoms with Crippen LogP contribution in [0.15, 0.2) is 11.4 Å². The Kier molecular flexibility index (Phi) is 6.34. The van der Waals surface area contributed by atoms with Crippen LogP contribution >= 0.6 is 33.9 Å². The van der Waals surface area contributed by atoms with Gasteiger partial charge in [0.25, 0.3) is 5.91 Å². The van der Waals surface area contributed by atoms with Crippen LogP contribution in [0.1, 0.15) is 49.9 Å². The molecule has 0 aliphatic heterocycles. The Hall–Kier alpha value is -0.100. The van der Waals surface area contributed by atoms with Crippen LogP contribution in [0.3, 0.4) is 0 Å². The second kappa shape index (κ2) is 7.27. The number of thiophene rings is 1. The number of hydrogen-bond acceptors (Lipinski definition) is 2. The Morgan fingerprint density at radius 1 is 1.56 bits per heavy atom. The quantitative estimate of drug-likeness (QED) is 0.608. The summed E-state index contributed by atoms with van der Waals surface area (Å²) in [6.45, 7) is 4.27. The predicted molar refractivity (Wildman–Crippen MR) is 78.1 cm³/mol. The lowest BCUT2D eigenvalue weighted by atomic mass is 10.1. The van der Waals surface area contributed by atoms with Crippen LogP contribution in [0.4, 0.5) is 0 Å². The zero-order chi connectivity index (χ0) is 12.0. The molecule has 1 unspecified atom stereocenters. The molecule has 90 valence electrons. The number of unbranched alkanes of at least 4 members (excludes halogenated alkanes) is 2. The van der Waals surface area contributed by atoms with E-state index in [0.717, 1.165) is 14.9 Å². The van der Waals surface area contributed by atoms with E-state index >= 15 is 0 Å². The van der Waals surface area contributed by atoms with Gasteiger partial charge in [-0.1, -0.05) is 26.2 Å². The molecule has 1 rings (SSSR count). The van der Waals surface area contributed by atoms with Crippen LogP contribution in [-0.2, 0) is 0 Å². The van der Waals surface area contributed by atoms with Crippen molar-refractivity contribution in [2.75, 3.05) is 0 Å². The summed E-state index contributed by atoms with van der Waals surface area (Å²) < 4.78 is 1.15. The van der Waals surface area contributed by atoms with Crippen molar-refractivity contribution in [2.45, 2.75) is 45.6 Å². The van der Waals surface area contributed by atoms with E-state index in [0.29, 0.717) is 0 Å². The summed E-state index contributed by atoms with van der Waals surface area (Å²) in [6.07, 6.45) is 4.74. The van der Waals surface area contributed by atoms with Crippen LogP contribution in [-0.4, -0.2) is 11.9 Å². The van der Waals surface area contributed by atoms with Gasteiger partial charge in [-0.25, -0.2) is 0 Å². The first-order chi connectivity index (χ1) is 7.63. The fourth-order valence-electron chi connectivity index (χ4n) is 1.51. The summed E-state index contributed by atoms with van der Waals surface area (Å²) in [5.74, 6) is 0.0585. The van der Waals surface area contributed by atoms with Crippen molar-refractivity contribution in [3.63, 3.8) is 0 Å². The fraction of sp³-hybridized carbons (Fsp3) is 0.583. The van der Waals surface area contributed by atoms with Gasteiger partial charge in [-0.15, -0.1) is 11.3 Å². The lowest BCUT2D eigenvalue weighted by Crippen LogP contribution is -2.32. The number of carbonyl (C=O) groups excluding carboxylic acids is 1. The Balaban J connectivity index is 2.33. The van der Waals surface area contributed by atoms with Crippen LogP contribution in [0.25, 0.3) is 0 Å². The third-order valence-corrected chi connectivity index (χ3v) is 4.24. The van der Waals surface area contributed by atoms with E-state index in [-0.39, 0.29) is 11.9 Å². The van der Waals surface area contributed by atoms with Crippen molar-refractivity contribution >= 4 is 39.8 Å². The molecule has 1 aromatic heterocycles. The van der Waals surface area contributed by atoms with Gasteiger partial charge in [0, 0.05) is 11.4 Å². The van der Waals surface area contributed by atoms with E-state index in [1.54, 1.807) is 11.3 Å². The second-order valence-electron chi connectivity index (χ2n) is 4.01. The standard InChI is InChI=1S/C12H18INOS/c1-3-4-5-6-9(2)14-12(15)10-7-11(13)16-8-10/h7-9H,3-6H2,1-2H3,(H,14,15). The number of rotatable bonds is 6. The van der Waals surface area contributed by atoms with Crippen molar-refractivity contribution in [1.29, 1.82) is 0 Å². The van der Waals surface area contributed by atoms with E-state index in [4.69, 9.17) is 0 Å². The van der Waals surface area contributed by atoms with Crippen molar-refractivity contribution in [3.05, 3.63) is 19.9 Å².